The summed E-state index contributed by atoms with van der Waals surface area (Å²) in [5.41, 5.74) is 2.06. The predicted molar refractivity (Wildman–Crippen MR) is 128 cm³/mol. The first-order valence-electron chi connectivity index (χ1n) is 10.9. The van der Waals surface area contributed by atoms with Crippen LogP contribution in [0.3, 0.4) is 0 Å². The average Bonchev–Trinajstić information content (AvgIpc) is 3.30. The van der Waals surface area contributed by atoms with Crippen LogP contribution in [0.4, 0.5) is 11.5 Å². The van der Waals surface area contributed by atoms with Crippen molar-refractivity contribution in [2.45, 2.75) is 62.9 Å². The summed E-state index contributed by atoms with van der Waals surface area (Å²) in [7, 11) is 0. The largest absolute Gasteiger partial charge is 0.383 e. The van der Waals surface area contributed by atoms with Crippen molar-refractivity contribution >= 4 is 55.7 Å². The summed E-state index contributed by atoms with van der Waals surface area (Å²) in [6.45, 7) is 3.12. The zero-order valence-corrected chi connectivity index (χ0v) is 19.7. The molecule has 1 aromatic carbocycles. The highest BCUT2D eigenvalue weighted by Gasteiger charge is 2.28. The third-order valence-corrected chi connectivity index (χ3v) is 8.43. The Bertz CT molecular complexity index is 1230. The number of nitrogens with zero attached hydrogens (tertiary/aromatic N) is 2. The molecule has 6 nitrogen and oxygen atoms in total. The number of hydrogen-bond donors (Lipinski definition) is 2. The number of fused-ring (bicyclic) bond motifs is 4. The van der Waals surface area contributed by atoms with E-state index in [1.54, 1.807) is 31.5 Å². The van der Waals surface area contributed by atoms with E-state index in [4.69, 9.17) is 0 Å². The molecule has 0 fully saturated rings. The Labute approximate surface area is 194 Å². The van der Waals surface area contributed by atoms with Crippen LogP contribution in [0.5, 0.6) is 0 Å². The molecule has 1 aliphatic heterocycles. The number of carbonyl (C=O) groups excluding carboxylic acids is 2. The summed E-state index contributed by atoms with van der Waals surface area (Å²) in [5.74, 6) is 1.15. The molecule has 32 heavy (non-hydrogen) atoms. The summed E-state index contributed by atoms with van der Waals surface area (Å²) in [4.78, 5) is 36.2. The SMILES string of the molecule is CC(C)(O)C(=O)CCC1CCc2c(sc3ncnc(Nc4ccc5c(c4)SC(=O)C5)c23)C1. The molecule has 0 radical (unpaired) electrons. The van der Waals surface area contributed by atoms with Crippen molar-refractivity contribution in [2.75, 3.05) is 5.32 Å². The predicted octanol–water partition coefficient (Wildman–Crippen LogP) is 4.83. The number of carbonyl (C=O) groups is 2. The Morgan fingerprint density at radius 1 is 1.31 bits per heavy atom. The van der Waals surface area contributed by atoms with Gasteiger partial charge in [-0.2, -0.15) is 0 Å². The Morgan fingerprint density at radius 3 is 2.97 bits per heavy atom. The fourth-order valence-corrected chi connectivity index (χ4v) is 6.72. The second kappa shape index (κ2) is 8.24. The van der Waals surface area contributed by atoms with Gasteiger partial charge in [-0.3, -0.25) is 9.59 Å². The van der Waals surface area contributed by atoms with Gasteiger partial charge < -0.3 is 10.4 Å². The molecule has 0 saturated carbocycles. The topological polar surface area (TPSA) is 92.2 Å². The molecule has 1 atom stereocenters. The van der Waals surface area contributed by atoms with Gasteiger partial charge in [0.15, 0.2) is 10.9 Å². The van der Waals surface area contributed by atoms with E-state index in [0.717, 1.165) is 57.9 Å². The number of aromatic nitrogens is 2. The molecule has 2 N–H and O–H groups in total. The minimum Gasteiger partial charge on any atom is -0.383 e. The van der Waals surface area contributed by atoms with Crippen LogP contribution < -0.4 is 5.32 Å². The van der Waals surface area contributed by atoms with Crippen LogP contribution in [-0.2, 0) is 28.9 Å². The third-order valence-electron chi connectivity index (χ3n) is 6.30. The summed E-state index contributed by atoms with van der Waals surface area (Å²) < 4.78 is 0. The van der Waals surface area contributed by atoms with Crippen LogP contribution in [0.25, 0.3) is 10.2 Å². The lowest BCUT2D eigenvalue weighted by molar-refractivity contribution is -0.134. The van der Waals surface area contributed by atoms with E-state index in [0.29, 0.717) is 18.8 Å². The van der Waals surface area contributed by atoms with Gasteiger partial charge in [0.2, 0.25) is 0 Å². The second-order valence-electron chi connectivity index (χ2n) is 9.13. The van der Waals surface area contributed by atoms with Crippen molar-refractivity contribution in [1.82, 2.24) is 9.97 Å². The van der Waals surface area contributed by atoms with Crippen molar-refractivity contribution in [2.24, 2.45) is 5.92 Å². The third kappa shape index (κ3) is 4.19. The van der Waals surface area contributed by atoms with E-state index in [1.807, 2.05) is 18.2 Å². The molecule has 2 aromatic heterocycles. The number of thiophene rings is 1. The van der Waals surface area contributed by atoms with Gasteiger partial charge in [-0.25, -0.2) is 9.97 Å². The molecule has 1 aliphatic carbocycles. The molecule has 3 aromatic rings. The zero-order valence-electron chi connectivity index (χ0n) is 18.1. The molecule has 0 spiro atoms. The summed E-state index contributed by atoms with van der Waals surface area (Å²) in [5, 5.41) is 14.6. The van der Waals surface area contributed by atoms with E-state index in [2.05, 4.69) is 15.3 Å². The lowest BCUT2D eigenvalue weighted by Crippen LogP contribution is -2.31. The lowest BCUT2D eigenvalue weighted by Gasteiger charge is -2.23. The number of hydrogen-bond acceptors (Lipinski definition) is 8. The van der Waals surface area contributed by atoms with Gasteiger partial charge in [0.25, 0.3) is 0 Å². The van der Waals surface area contributed by atoms with Gasteiger partial charge in [0.1, 0.15) is 22.6 Å². The average molecular weight is 468 g/mol. The van der Waals surface area contributed by atoms with Crippen molar-refractivity contribution in [1.29, 1.82) is 0 Å². The van der Waals surface area contributed by atoms with E-state index in [-0.39, 0.29) is 10.9 Å². The number of aryl methyl sites for hydroxylation is 1. The van der Waals surface area contributed by atoms with Crippen molar-refractivity contribution < 1.29 is 14.7 Å². The first kappa shape index (κ1) is 21.6. The quantitative estimate of drug-likeness (QED) is 0.536. The Morgan fingerprint density at radius 2 is 2.16 bits per heavy atom. The maximum Gasteiger partial charge on any atom is 0.198 e. The van der Waals surface area contributed by atoms with Crippen molar-refractivity contribution in [3.8, 4) is 0 Å². The lowest BCUT2D eigenvalue weighted by atomic mass is 9.83. The molecule has 2 aliphatic rings. The summed E-state index contributed by atoms with van der Waals surface area (Å²) in [6, 6.07) is 6.03. The van der Waals surface area contributed by atoms with Gasteiger partial charge in [0.05, 0.1) is 5.39 Å². The normalized spacial score (nSPS) is 18.0. The van der Waals surface area contributed by atoms with E-state index < -0.39 is 5.60 Å². The van der Waals surface area contributed by atoms with Gasteiger partial charge in [-0.1, -0.05) is 17.8 Å². The maximum absolute atomic E-state index is 12.1. The minimum absolute atomic E-state index is 0.0915. The Kier molecular flexibility index (Phi) is 5.55. The highest BCUT2D eigenvalue weighted by atomic mass is 32.2. The van der Waals surface area contributed by atoms with Crippen LogP contribution in [0.2, 0.25) is 0 Å². The molecule has 1 unspecified atom stereocenters. The smallest absolute Gasteiger partial charge is 0.198 e. The molecule has 3 heterocycles. The van der Waals surface area contributed by atoms with Gasteiger partial charge in [0, 0.05) is 28.3 Å². The van der Waals surface area contributed by atoms with Gasteiger partial charge in [-0.05, 0) is 68.7 Å². The highest BCUT2D eigenvalue weighted by molar-refractivity contribution is 8.14. The minimum atomic E-state index is -1.25. The highest BCUT2D eigenvalue weighted by Crippen LogP contribution is 2.42. The first-order chi connectivity index (χ1) is 15.3. The summed E-state index contributed by atoms with van der Waals surface area (Å²) in [6.07, 6.45) is 6.21. The number of aliphatic hydroxyl groups is 1. The first-order valence-corrected chi connectivity index (χ1v) is 12.5. The Hall–Kier alpha value is -2.29. The number of anilines is 2. The fraction of sp³-hybridized carbons (Fsp3) is 0.417. The monoisotopic (exact) mass is 467 g/mol. The van der Waals surface area contributed by atoms with E-state index in [9.17, 15) is 14.7 Å². The molecular weight excluding hydrogens is 442 g/mol. The van der Waals surface area contributed by atoms with Gasteiger partial charge in [-0.15, -0.1) is 11.3 Å². The second-order valence-corrected chi connectivity index (χ2v) is 11.3. The van der Waals surface area contributed by atoms with Crippen molar-refractivity contribution in [3.05, 3.63) is 40.5 Å². The van der Waals surface area contributed by atoms with Crippen LogP contribution in [0.15, 0.2) is 29.4 Å². The number of Topliss-reactive ketones (excluding diaryl/α,β-unsaturated/α-hetero) is 1. The molecule has 0 saturated heterocycles. The van der Waals surface area contributed by atoms with Crippen LogP contribution in [-0.4, -0.2) is 31.6 Å². The molecule has 8 heteroatoms. The molecule has 0 amide bonds. The van der Waals surface area contributed by atoms with Crippen molar-refractivity contribution in [3.63, 3.8) is 0 Å². The number of benzene rings is 1. The van der Waals surface area contributed by atoms with E-state index >= 15 is 0 Å². The summed E-state index contributed by atoms with van der Waals surface area (Å²) >= 11 is 3.02. The van der Waals surface area contributed by atoms with Crippen LogP contribution in [0, 0.1) is 5.92 Å². The molecule has 166 valence electrons. The number of nitrogens with one attached hydrogen (secondary N) is 1. The number of rotatable bonds is 6. The van der Waals surface area contributed by atoms with Gasteiger partial charge >= 0.3 is 0 Å². The number of ketones is 1. The fourth-order valence-electron chi connectivity index (χ4n) is 4.49. The van der Waals surface area contributed by atoms with Crippen LogP contribution in [0.1, 0.15) is 49.1 Å². The molecule has 5 rings (SSSR count). The standard InChI is InChI=1S/C24H25N3O3S2/c1-24(2,30)19(28)8-4-13-3-7-16-18(9-13)32-23-21(16)22(25-12-26-23)27-15-6-5-14-10-20(29)31-17(14)11-15/h5-6,11-13,30H,3-4,7-10H2,1-2H3,(H,25,26,27). The maximum atomic E-state index is 12.1. The van der Waals surface area contributed by atoms with E-state index in [1.165, 1.54) is 22.2 Å². The Balaban J connectivity index is 1.36. The zero-order chi connectivity index (χ0) is 22.5. The van der Waals surface area contributed by atoms with Crippen LogP contribution >= 0.6 is 23.1 Å². The number of thioether (sulfide) groups is 1. The molecule has 0 bridgehead atoms. The molecular formula is C24H25N3O3S2.